The molecule has 0 amide bonds. The van der Waals surface area contributed by atoms with Crippen LogP contribution in [0.15, 0.2) is 84.0 Å². The molecule has 0 aliphatic rings. The van der Waals surface area contributed by atoms with Crippen LogP contribution in [0.3, 0.4) is 0 Å². The minimum atomic E-state index is -0.514. The molecule has 0 fully saturated rings. The maximum absolute atomic E-state index is 14.1. The molecule has 1 heterocycles. The number of aromatic nitrogens is 3. The second-order valence-corrected chi connectivity index (χ2v) is 8.14. The normalized spacial score (nSPS) is 11.7. The van der Waals surface area contributed by atoms with E-state index in [0.29, 0.717) is 23.3 Å². The standard InChI is InChI=1S/C25H24FN3O3S/c1-18(32-23-11-7-6-10-22(23)26)24-27-28-25(29(24)19-8-4-3-5-9-19)33-17-16-31-21-14-12-20(30-2)13-15-21/h3-15,18H,16-17H2,1-2H3. The van der Waals surface area contributed by atoms with E-state index in [0.717, 1.165) is 17.2 Å². The monoisotopic (exact) mass is 465 g/mol. The molecular formula is C25H24FN3O3S. The van der Waals surface area contributed by atoms with Gasteiger partial charge in [-0.15, -0.1) is 10.2 Å². The van der Waals surface area contributed by atoms with Crippen LogP contribution in [-0.4, -0.2) is 34.2 Å². The summed E-state index contributed by atoms with van der Waals surface area (Å²) in [6, 6.07) is 23.6. The Labute approximate surface area is 196 Å². The molecule has 1 atom stereocenters. The van der Waals surface area contributed by atoms with Gasteiger partial charge >= 0.3 is 0 Å². The molecule has 0 radical (unpaired) electrons. The molecule has 0 aliphatic carbocycles. The number of benzene rings is 3. The van der Waals surface area contributed by atoms with E-state index in [4.69, 9.17) is 14.2 Å². The van der Waals surface area contributed by atoms with Gasteiger partial charge in [-0.05, 0) is 55.5 Å². The van der Waals surface area contributed by atoms with E-state index in [2.05, 4.69) is 10.2 Å². The van der Waals surface area contributed by atoms with Crippen LogP contribution in [0.25, 0.3) is 5.69 Å². The molecule has 3 aromatic carbocycles. The van der Waals surface area contributed by atoms with Crippen molar-refractivity contribution in [2.24, 2.45) is 0 Å². The minimum absolute atomic E-state index is 0.176. The average Bonchev–Trinajstić information content (AvgIpc) is 3.28. The van der Waals surface area contributed by atoms with Gasteiger partial charge in [0.25, 0.3) is 0 Å². The molecule has 4 rings (SSSR count). The van der Waals surface area contributed by atoms with E-state index in [1.165, 1.54) is 17.8 Å². The number of nitrogens with zero attached hydrogens (tertiary/aromatic N) is 3. The van der Waals surface area contributed by atoms with Crippen LogP contribution in [0.1, 0.15) is 18.9 Å². The van der Waals surface area contributed by atoms with Crippen molar-refractivity contribution in [1.29, 1.82) is 0 Å². The summed E-state index contributed by atoms with van der Waals surface area (Å²) < 4.78 is 32.9. The SMILES string of the molecule is COc1ccc(OCCSc2nnc(C(C)Oc3ccccc3F)n2-c2ccccc2)cc1. The summed E-state index contributed by atoms with van der Waals surface area (Å²) in [5.74, 6) is 2.57. The second-order valence-electron chi connectivity index (χ2n) is 7.07. The highest BCUT2D eigenvalue weighted by molar-refractivity contribution is 7.99. The van der Waals surface area contributed by atoms with Gasteiger partial charge in [-0.1, -0.05) is 42.1 Å². The number of halogens is 1. The third-order valence-corrected chi connectivity index (χ3v) is 5.71. The van der Waals surface area contributed by atoms with Crippen LogP contribution in [0.2, 0.25) is 0 Å². The largest absolute Gasteiger partial charge is 0.497 e. The van der Waals surface area contributed by atoms with Crippen molar-refractivity contribution in [2.75, 3.05) is 19.5 Å². The Hall–Kier alpha value is -3.52. The number of methoxy groups -OCH3 is 1. The number of ether oxygens (including phenoxy) is 3. The van der Waals surface area contributed by atoms with Gasteiger partial charge in [0.15, 0.2) is 28.7 Å². The number of para-hydroxylation sites is 2. The number of rotatable bonds is 10. The predicted octanol–water partition coefficient (Wildman–Crippen LogP) is 5.73. The first kappa shape index (κ1) is 22.7. The molecule has 33 heavy (non-hydrogen) atoms. The topological polar surface area (TPSA) is 58.4 Å². The predicted molar refractivity (Wildman–Crippen MR) is 126 cm³/mol. The Morgan fingerprint density at radius 1 is 0.909 bits per heavy atom. The Morgan fingerprint density at radius 3 is 2.33 bits per heavy atom. The molecule has 0 spiro atoms. The summed E-state index contributed by atoms with van der Waals surface area (Å²) in [7, 11) is 1.63. The lowest BCUT2D eigenvalue weighted by Gasteiger charge is -2.17. The lowest BCUT2D eigenvalue weighted by molar-refractivity contribution is 0.204. The first-order valence-electron chi connectivity index (χ1n) is 10.5. The first-order chi connectivity index (χ1) is 16.2. The Morgan fingerprint density at radius 2 is 1.61 bits per heavy atom. The van der Waals surface area contributed by atoms with Crippen molar-refractivity contribution in [1.82, 2.24) is 14.8 Å². The van der Waals surface area contributed by atoms with E-state index < -0.39 is 11.9 Å². The van der Waals surface area contributed by atoms with E-state index in [9.17, 15) is 4.39 Å². The van der Waals surface area contributed by atoms with Gasteiger partial charge in [-0.25, -0.2) is 4.39 Å². The zero-order valence-corrected chi connectivity index (χ0v) is 19.2. The Kier molecular flexibility index (Phi) is 7.47. The van der Waals surface area contributed by atoms with Crippen molar-refractivity contribution in [3.8, 4) is 22.9 Å². The molecule has 0 N–H and O–H groups in total. The van der Waals surface area contributed by atoms with Crippen LogP contribution < -0.4 is 14.2 Å². The van der Waals surface area contributed by atoms with Crippen LogP contribution in [0, 0.1) is 5.82 Å². The highest BCUT2D eigenvalue weighted by Crippen LogP contribution is 2.29. The third kappa shape index (κ3) is 5.64. The zero-order valence-electron chi connectivity index (χ0n) is 18.3. The van der Waals surface area contributed by atoms with Crippen molar-refractivity contribution in [3.63, 3.8) is 0 Å². The second kappa shape index (κ2) is 10.9. The summed E-state index contributed by atoms with van der Waals surface area (Å²) in [6.07, 6.45) is -0.514. The molecule has 1 aromatic heterocycles. The van der Waals surface area contributed by atoms with Crippen molar-refractivity contribution >= 4 is 11.8 Å². The summed E-state index contributed by atoms with van der Waals surface area (Å²) in [5.41, 5.74) is 0.903. The van der Waals surface area contributed by atoms with Gasteiger partial charge in [-0.3, -0.25) is 4.57 Å². The minimum Gasteiger partial charge on any atom is -0.497 e. The van der Waals surface area contributed by atoms with Crippen LogP contribution in [-0.2, 0) is 0 Å². The third-order valence-electron chi connectivity index (χ3n) is 4.82. The van der Waals surface area contributed by atoms with Gasteiger partial charge in [0.05, 0.1) is 13.7 Å². The van der Waals surface area contributed by atoms with Crippen LogP contribution in [0.4, 0.5) is 4.39 Å². The molecule has 8 heteroatoms. The number of hydrogen-bond acceptors (Lipinski definition) is 6. The van der Waals surface area contributed by atoms with Gasteiger partial charge < -0.3 is 14.2 Å². The molecule has 0 bridgehead atoms. The molecule has 0 saturated heterocycles. The Balaban J connectivity index is 1.48. The Bertz CT molecular complexity index is 1170. The van der Waals surface area contributed by atoms with Crippen molar-refractivity contribution < 1.29 is 18.6 Å². The van der Waals surface area contributed by atoms with Crippen LogP contribution in [0.5, 0.6) is 17.2 Å². The number of hydrogen-bond donors (Lipinski definition) is 0. The molecule has 1 unspecified atom stereocenters. The lowest BCUT2D eigenvalue weighted by Crippen LogP contribution is -2.12. The maximum atomic E-state index is 14.1. The van der Waals surface area contributed by atoms with E-state index in [-0.39, 0.29) is 5.75 Å². The summed E-state index contributed by atoms with van der Waals surface area (Å²) >= 11 is 1.53. The fourth-order valence-electron chi connectivity index (χ4n) is 3.21. The fraction of sp³-hybridized carbons (Fsp3) is 0.200. The zero-order chi connectivity index (χ0) is 23.0. The van der Waals surface area contributed by atoms with Gasteiger partial charge in [0, 0.05) is 11.4 Å². The first-order valence-corrected chi connectivity index (χ1v) is 11.5. The van der Waals surface area contributed by atoms with E-state index in [1.54, 1.807) is 25.3 Å². The van der Waals surface area contributed by atoms with Crippen molar-refractivity contribution in [2.45, 2.75) is 18.2 Å². The molecule has 0 aliphatic heterocycles. The lowest BCUT2D eigenvalue weighted by atomic mass is 10.3. The number of thioether (sulfide) groups is 1. The quantitative estimate of drug-likeness (QED) is 0.220. The van der Waals surface area contributed by atoms with Gasteiger partial charge in [-0.2, -0.15) is 0 Å². The smallest absolute Gasteiger partial charge is 0.196 e. The summed E-state index contributed by atoms with van der Waals surface area (Å²) in [6.45, 7) is 2.33. The summed E-state index contributed by atoms with van der Waals surface area (Å²) in [4.78, 5) is 0. The average molecular weight is 466 g/mol. The molecular weight excluding hydrogens is 441 g/mol. The highest BCUT2D eigenvalue weighted by atomic mass is 32.2. The van der Waals surface area contributed by atoms with Gasteiger partial charge in [0.2, 0.25) is 0 Å². The molecule has 0 saturated carbocycles. The molecule has 6 nitrogen and oxygen atoms in total. The molecule has 170 valence electrons. The van der Waals surface area contributed by atoms with E-state index >= 15 is 0 Å². The van der Waals surface area contributed by atoms with E-state index in [1.807, 2.05) is 66.1 Å². The van der Waals surface area contributed by atoms with Gasteiger partial charge in [0.1, 0.15) is 11.5 Å². The molecule has 4 aromatic rings. The summed E-state index contributed by atoms with van der Waals surface area (Å²) in [5, 5.41) is 9.45. The van der Waals surface area contributed by atoms with Crippen molar-refractivity contribution in [3.05, 3.63) is 90.5 Å². The highest BCUT2D eigenvalue weighted by Gasteiger charge is 2.21. The van der Waals surface area contributed by atoms with Crippen LogP contribution >= 0.6 is 11.8 Å². The fourth-order valence-corrected chi connectivity index (χ4v) is 3.98. The maximum Gasteiger partial charge on any atom is 0.196 e.